The second-order valence-corrected chi connectivity index (χ2v) is 7.11. The lowest BCUT2D eigenvalue weighted by atomic mass is 10.1. The molecule has 1 aromatic carbocycles. The average molecular weight is 382 g/mol. The van der Waals surface area contributed by atoms with E-state index in [0.29, 0.717) is 12.4 Å². The van der Waals surface area contributed by atoms with Crippen molar-refractivity contribution >= 4 is 32.7 Å². The second-order valence-electron chi connectivity index (χ2n) is 4.25. The zero-order valence-corrected chi connectivity index (χ0v) is 12.8. The molecule has 0 spiro atoms. The fourth-order valence-electron chi connectivity index (χ4n) is 1.87. The smallest absolute Gasteiger partial charge is 0.311 e. The molecule has 0 amide bonds. The van der Waals surface area contributed by atoms with Gasteiger partial charge in [-0.25, -0.2) is 0 Å². The van der Waals surface area contributed by atoms with Crippen LogP contribution in [0, 0.1) is 3.57 Å². The molecule has 100 valence electrons. The minimum Gasteiger partial charge on any atom is -0.382 e. The van der Waals surface area contributed by atoms with Crippen LogP contribution in [-0.4, -0.2) is 26.9 Å². The minimum atomic E-state index is -3.58. The lowest BCUT2D eigenvalue weighted by molar-refractivity contribution is 0.0298. The first-order valence-electron chi connectivity index (χ1n) is 5.84. The fourth-order valence-corrected chi connectivity index (χ4v) is 3.56. The summed E-state index contributed by atoms with van der Waals surface area (Å²) in [6.07, 6.45) is 2.58. The van der Waals surface area contributed by atoms with Crippen LogP contribution in [0.5, 0.6) is 5.75 Å². The summed E-state index contributed by atoms with van der Waals surface area (Å²) in [5.41, 5.74) is 0. The highest BCUT2D eigenvalue weighted by atomic mass is 127. The van der Waals surface area contributed by atoms with Gasteiger partial charge in [-0.15, -0.1) is 0 Å². The lowest BCUT2D eigenvalue weighted by Gasteiger charge is -2.22. The molecule has 4 nitrogen and oxygen atoms in total. The number of ether oxygens (including phenoxy) is 1. The molecule has 0 aliphatic carbocycles. The maximum absolute atomic E-state index is 11.9. The standard InChI is InChI=1S/C12H15IO4S/c13-10-4-3-6-11(8-10)17-18(14,15)9-12-5-1-2-7-16-12/h3-4,6,8,12H,1-2,5,7,9H2/t12-/m1/s1. The van der Waals surface area contributed by atoms with Gasteiger partial charge in [-0.1, -0.05) is 6.07 Å². The van der Waals surface area contributed by atoms with E-state index in [-0.39, 0.29) is 11.9 Å². The molecule has 1 aromatic rings. The third-order valence-corrected chi connectivity index (χ3v) is 4.58. The summed E-state index contributed by atoms with van der Waals surface area (Å²) in [5, 5.41) is 0. The SMILES string of the molecule is O=S(=O)(C[C@H]1CCCCO1)Oc1cccc(I)c1. The van der Waals surface area contributed by atoms with Crippen molar-refractivity contribution in [2.24, 2.45) is 0 Å². The molecule has 1 fully saturated rings. The first-order chi connectivity index (χ1) is 8.55. The fraction of sp³-hybridized carbons (Fsp3) is 0.500. The Balaban J connectivity index is 1.98. The Kier molecular flexibility index (Phi) is 4.85. The van der Waals surface area contributed by atoms with Crippen molar-refractivity contribution in [3.05, 3.63) is 27.8 Å². The van der Waals surface area contributed by atoms with Crippen molar-refractivity contribution in [1.29, 1.82) is 0 Å². The maximum Gasteiger partial charge on any atom is 0.311 e. The van der Waals surface area contributed by atoms with Crippen molar-refractivity contribution in [1.82, 2.24) is 0 Å². The van der Waals surface area contributed by atoms with Crippen LogP contribution < -0.4 is 4.18 Å². The van der Waals surface area contributed by atoms with Gasteiger partial charge in [0.25, 0.3) is 0 Å². The van der Waals surface area contributed by atoms with Crippen LogP contribution in [0.3, 0.4) is 0 Å². The summed E-state index contributed by atoms with van der Waals surface area (Å²) in [6.45, 7) is 0.642. The van der Waals surface area contributed by atoms with E-state index in [1.165, 1.54) is 0 Å². The van der Waals surface area contributed by atoms with Crippen LogP contribution >= 0.6 is 22.6 Å². The van der Waals surface area contributed by atoms with E-state index in [1.54, 1.807) is 18.2 Å². The Hall–Kier alpha value is -0.340. The molecule has 0 radical (unpaired) electrons. The van der Waals surface area contributed by atoms with Gasteiger partial charge in [0.05, 0.1) is 6.10 Å². The molecule has 1 atom stereocenters. The number of benzene rings is 1. The highest BCUT2D eigenvalue weighted by Crippen LogP contribution is 2.19. The molecule has 1 aliphatic heterocycles. The molecule has 1 aliphatic rings. The van der Waals surface area contributed by atoms with Gasteiger partial charge >= 0.3 is 10.1 Å². The Morgan fingerprint density at radius 1 is 1.39 bits per heavy atom. The number of rotatable bonds is 4. The number of halogens is 1. The zero-order valence-electron chi connectivity index (χ0n) is 9.84. The van der Waals surface area contributed by atoms with E-state index < -0.39 is 10.1 Å². The molecule has 2 rings (SSSR count). The molecule has 6 heteroatoms. The third kappa shape index (κ3) is 4.40. The second kappa shape index (κ2) is 6.21. The van der Waals surface area contributed by atoms with E-state index in [1.807, 2.05) is 6.07 Å². The Morgan fingerprint density at radius 2 is 2.22 bits per heavy atom. The maximum atomic E-state index is 11.9. The van der Waals surface area contributed by atoms with Gasteiger partial charge in [-0.2, -0.15) is 8.42 Å². The highest BCUT2D eigenvalue weighted by molar-refractivity contribution is 14.1. The van der Waals surface area contributed by atoms with E-state index in [4.69, 9.17) is 8.92 Å². The van der Waals surface area contributed by atoms with Gasteiger partial charge in [0, 0.05) is 10.2 Å². The molecule has 0 unspecified atom stereocenters. The average Bonchev–Trinajstić information content (AvgIpc) is 2.28. The summed E-state index contributed by atoms with van der Waals surface area (Å²) in [6, 6.07) is 6.98. The summed E-state index contributed by atoms with van der Waals surface area (Å²) in [4.78, 5) is 0. The van der Waals surface area contributed by atoms with Crippen LogP contribution in [-0.2, 0) is 14.9 Å². The van der Waals surface area contributed by atoms with Crippen LogP contribution in [0.25, 0.3) is 0 Å². The lowest BCUT2D eigenvalue weighted by Crippen LogP contribution is -2.29. The predicted octanol–water partition coefficient (Wildman–Crippen LogP) is 2.57. The van der Waals surface area contributed by atoms with Gasteiger partial charge in [0.2, 0.25) is 0 Å². The van der Waals surface area contributed by atoms with Crippen LogP contribution in [0.1, 0.15) is 19.3 Å². The predicted molar refractivity (Wildman–Crippen MR) is 77.2 cm³/mol. The Bertz CT molecular complexity index is 495. The Labute approximate surface area is 121 Å². The number of hydrogen-bond donors (Lipinski definition) is 0. The summed E-state index contributed by atoms with van der Waals surface area (Å²) in [7, 11) is -3.58. The first kappa shape index (κ1) is 14.1. The highest BCUT2D eigenvalue weighted by Gasteiger charge is 2.23. The molecular weight excluding hydrogens is 367 g/mol. The molecule has 1 saturated heterocycles. The van der Waals surface area contributed by atoms with Crippen molar-refractivity contribution in [3.8, 4) is 5.75 Å². The molecule has 0 N–H and O–H groups in total. The third-order valence-electron chi connectivity index (χ3n) is 2.68. The van der Waals surface area contributed by atoms with Crippen molar-refractivity contribution in [2.75, 3.05) is 12.4 Å². The Morgan fingerprint density at radius 3 is 2.89 bits per heavy atom. The van der Waals surface area contributed by atoms with Crippen LogP contribution in [0.2, 0.25) is 0 Å². The normalized spacial score (nSPS) is 20.6. The van der Waals surface area contributed by atoms with Gasteiger partial charge in [0.15, 0.2) is 0 Å². The van der Waals surface area contributed by atoms with Crippen molar-refractivity contribution < 1.29 is 17.3 Å². The largest absolute Gasteiger partial charge is 0.382 e. The number of hydrogen-bond acceptors (Lipinski definition) is 4. The van der Waals surface area contributed by atoms with Crippen molar-refractivity contribution in [3.63, 3.8) is 0 Å². The van der Waals surface area contributed by atoms with Crippen LogP contribution in [0.4, 0.5) is 0 Å². The molecule has 0 saturated carbocycles. The first-order valence-corrected chi connectivity index (χ1v) is 8.50. The summed E-state index contributed by atoms with van der Waals surface area (Å²) >= 11 is 2.11. The molecule has 1 heterocycles. The van der Waals surface area contributed by atoms with Gasteiger partial charge in [0.1, 0.15) is 11.5 Å². The van der Waals surface area contributed by atoms with E-state index in [2.05, 4.69) is 22.6 Å². The van der Waals surface area contributed by atoms with Gasteiger partial charge < -0.3 is 8.92 Å². The van der Waals surface area contributed by atoms with E-state index in [9.17, 15) is 8.42 Å². The topological polar surface area (TPSA) is 52.6 Å². The van der Waals surface area contributed by atoms with Gasteiger partial charge in [-0.05, 0) is 60.1 Å². The monoisotopic (exact) mass is 382 g/mol. The summed E-state index contributed by atoms with van der Waals surface area (Å²) in [5.74, 6) is 0.288. The van der Waals surface area contributed by atoms with Crippen LogP contribution in [0.15, 0.2) is 24.3 Å². The summed E-state index contributed by atoms with van der Waals surface area (Å²) < 4.78 is 35.2. The molecular formula is C12H15IO4S. The van der Waals surface area contributed by atoms with Gasteiger partial charge in [-0.3, -0.25) is 0 Å². The van der Waals surface area contributed by atoms with E-state index in [0.717, 1.165) is 22.8 Å². The quantitative estimate of drug-likeness (QED) is 0.594. The van der Waals surface area contributed by atoms with E-state index >= 15 is 0 Å². The minimum absolute atomic E-state index is 0.0710. The molecule has 0 bridgehead atoms. The molecule has 18 heavy (non-hydrogen) atoms. The van der Waals surface area contributed by atoms with Crippen molar-refractivity contribution in [2.45, 2.75) is 25.4 Å². The zero-order chi connectivity index (χ0) is 13.0. The molecule has 0 aromatic heterocycles.